The van der Waals surface area contributed by atoms with Crippen LogP contribution in [-0.2, 0) is 16.0 Å². The molecule has 7 nitrogen and oxygen atoms in total. The summed E-state index contributed by atoms with van der Waals surface area (Å²) in [5, 5.41) is 6.44. The molecule has 2 aromatic carbocycles. The van der Waals surface area contributed by atoms with Gasteiger partial charge in [-0.3, -0.25) is 4.79 Å². The van der Waals surface area contributed by atoms with Gasteiger partial charge in [0.1, 0.15) is 0 Å². The number of carbonyl (C=O) groups is 2. The number of aryl methyl sites for hydroxylation is 1. The molecule has 1 aromatic heterocycles. The van der Waals surface area contributed by atoms with E-state index in [1.54, 1.807) is 6.92 Å². The summed E-state index contributed by atoms with van der Waals surface area (Å²) < 4.78 is 9.79. The second-order valence-corrected chi connectivity index (χ2v) is 6.08. The minimum atomic E-state index is -0.616. The Morgan fingerprint density at radius 3 is 2.46 bits per heavy atom. The summed E-state index contributed by atoms with van der Waals surface area (Å²) in [6.07, 6.45) is 1.24. The molecular weight excluding hydrogens is 358 g/mol. The highest BCUT2D eigenvalue weighted by molar-refractivity contribution is 5.91. The fourth-order valence-corrected chi connectivity index (χ4v) is 2.64. The topological polar surface area (TPSA) is 94.3 Å². The third kappa shape index (κ3) is 5.26. The Morgan fingerprint density at radius 1 is 1.04 bits per heavy atom. The van der Waals surface area contributed by atoms with Gasteiger partial charge in [0.05, 0.1) is 6.61 Å². The number of amides is 1. The molecule has 7 heteroatoms. The zero-order chi connectivity index (χ0) is 19.8. The summed E-state index contributed by atoms with van der Waals surface area (Å²) in [6, 6.07) is 17.7. The van der Waals surface area contributed by atoms with Gasteiger partial charge in [0.2, 0.25) is 11.8 Å². The number of benzene rings is 2. The van der Waals surface area contributed by atoms with Crippen LogP contribution in [-0.4, -0.2) is 28.6 Å². The molecular formula is C21H21N3O4. The number of nitrogens with one attached hydrogen (secondary N) is 1. The second kappa shape index (κ2) is 9.45. The van der Waals surface area contributed by atoms with E-state index >= 15 is 0 Å². The van der Waals surface area contributed by atoms with Crippen LogP contribution in [0.4, 0.5) is 5.69 Å². The van der Waals surface area contributed by atoms with Gasteiger partial charge in [-0.25, -0.2) is 4.79 Å². The third-order valence-corrected chi connectivity index (χ3v) is 4.00. The van der Waals surface area contributed by atoms with Crippen LogP contribution in [0.2, 0.25) is 0 Å². The maximum Gasteiger partial charge on any atom is 0.379 e. The SMILES string of the molecule is CCOC(=O)c1noc(CCCC(=O)Nc2ccc(-c3ccccc3)cc2)n1. The first kappa shape index (κ1) is 19.3. The normalized spacial score (nSPS) is 10.5. The Kier molecular flexibility index (Phi) is 6.51. The quantitative estimate of drug-likeness (QED) is 0.597. The zero-order valence-corrected chi connectivity index (χ0v) is 15.6. The zero-order valence-electron chi connectivity index (χ0n) is 15.6. The Balaban J connectivity index is 1.45. The monoisotopic (exact) mass is 379 g/mol. The number of rotatable bonds is 8. The summed E-state index contributed by atoms with van der Waals surface area (Å²) >= 11 is 0. The van der Waals surface area contributed by atoms with E-state index in [-0.39, 0.29) is 18.3 Å². The number of ether oxygens (including phenoxy) is 1. The molecule has 144 valence electrons. The Labute approximate surface area is 162 Å². The predicted molar refractivity (Wildman–Crippen MR) is 104 cm³/mol. The van der Waals surface area contributed by atoms with Gasteiger partial charge in [0.15, 0.2) is 0 Å². The molecule has 0 saturated heterocycles. The van der Waals surface area contributed by atoms with Crippen molar-refractivity contribution >= 4 is 17.6 Å². The third-order valence-electron chi connectivity index (χ3n) is 4.00. The minimum absolute atomic E-state index is 0.0974. The van der Waals surface area contributed by atoms with Crippen LogP contribution in [0.15, 0.2) is 59.1 Å². The molecule has 0 aliphatic carbocycles. The highest BCUT2D eigenvalue weighted by Gasteiger charge is 2.15. The lowest BCUT2D eigenvalue weighted by atomic mass is 10.1. The van der Waals surface area contributed by atoms with Crippen molar-refractivity contribution in [3.05, 3.63) is 66.3 Å². The first-order valence-corrected chi connectivity index (χ1v) is 9.10. The Morgan fingerprint density at radius 2 is 1.75 bits per heavy atom. The number of hydrogen-bond donors (Lipinski definition) is 1. The van der Waals surface area contributed by atoms with Crippen LogP contribution in [0, 0.1) is 0 Å². The van der Waals surface area contributed by atoms with Crippen LogP contribution in [0.1, 0.15) is 36.3 Å². The van der Waals surface area contributed by atoms with E-state index in [9.17, 15) is 9.59 Å². The van der Waals surface area contributed by atoms with Crippen LogP contribution in [0.3, 0.4) is 0 Å². The molecule has 3 rings (SSSR count). The lowest BCUT2D eigenvalue weighted by molar-refractivity contribution is -0.116. The maximum atomic E-state index is 12.1. The summed E-state index contributed by atoms with van der Waals surface area (Å²) in [7, 11) is 0. The molecule has 1 N–H and O–H groups in total. The molecule has 0 saturated carbocycles. The van der Waals surface area contributed by atoms with E-state index in [4.69, 9.17) is 9.26 Å². The highest BCUT2D eigenvalue weighted by Crippen LogP contribution is 2.21. The summed E-state index contributed by atoms with van der Waals surface area (Å²) in [4.78, 5) is 27.6. The van der Waals surface area contributed by atoms with Gasteiger partial charge in [-0.05, 0) is 41.8 Å². The van der Waals surface area contributed by atoms with E-state index in [0.717, 1.165) is 16.8 Å². The molecule has 1 amide bonds. The van der Waals surface area contributed by atoms with Crippen molar-refractivity contribution in [2.75, 3.05) is 11.9 Å². The van der Waals surface area contributed by atoms with Gasteiger partial charge < -0.3 is 14.6 Å². The second-order valence-electron chi connectivity index (χ2n) is 6.08. The molecule has 0 bridgehead atoms. The maximum absolute atomic E-state index is 12.1. The molecule has 0 atom stereocenters. The van der Waals surface area contributed by atoms with Crippen molar-refractivity contribution in [3.63, 3.8) is 0 Å². The first-order chi connectivity index (χ1) is 13.7. The number of esters is 1. The van der Waals surface area contributed by atoms with E-state index in [2.05, 4.69) is 15.5 Å². The molecule has 0 aliphatic heterocycles. The molecule has 1 heterocycles. The number of hydrogen-bond acceptors (Lipinski definition) is 6. The lowest BCUT2D eigenvalue weighted by Gasteiger charge is -2.06. The van der Waals surface area contributed by atoms with Crippen molar-refractivity contribution in [3.8, 4) is 11.1 Å². The Bertz CT molecular complexity index is 920. The molecule has 0 spiro atoms. The van der Waals surface area contributed by atoms with Crippen molar-refractivity contribution in [2.45, 2.75) is 26.2 Å². The van der Waals surface area contributed by atoms with Gasteiger partial charge in [-0.15, -0.1) is 0 Å². The number of anilines is 1. The molecule has 3 aromatic rings. The van der Waals surface area contributed by atoms with Crippen molar-refractivity contribution < 1.29 is 18.8 Å². The fourth-order valence-electron chi connectivity index (χ4n) is 2.64. The fraction of sp³-hybridized carbons (Fsp3) is 0.238. The first-order valence-electron chi connectivity index (χ1n) is 9.10. The van der Waals surface area contributed by atoms with Crippen molar-refractivity contribution in [1.82, 2.24) is 10.1 Å². The summed E-state index contributed by atoms with van der Waals surface area (Å²) in [5.74, 6) is -0.505. The standard InChI is InChI=1S/C21H21N3O4/c1-2-27-21(26)20-23-19(28-24-20)10-6-9-18(25)22-17-13-11-16(12-14-17)15-7-4-3-5-8-15/h3-5,7-8,11-14H,2,6,9-10H2,1H3,(H,22,25). The molecule has 28 heavy (non-hydrogen) atoms. The van der Waals surface area contributed by atoms with Crippen LogP contribution in [0.25, 0.3) is 11.1 Å². The van der Waals surface area contributed by atoms with Gasteiger partial charge in [0.25, 0.3) is 5.82 Å². The van der Waals surface area contributed by atoms with Crippen molar-refractivity contribution in [1.29, 1.82) is 0 Å². The van der Waals surface area contributed by atoms with Crippen molar-refractivity contribution in [2.24, 2.45) is 0 Å². The number of aromatic nitrogens is 2. The lowest BCUT2D eigenvalue weighted by Crippen LogP contribution is -2.11. The predicted octanol–water partition coefficient (Wildman–Crippen LogP) is 3.87. The summed E-state index contributed by atoms with van der Waals surface area (Å²) in [6.45, 7) is 1.95. The van der Waals surface area contributed by atoms with E-state index in [1.165, 1.54) is 0 Å². The molecule has 0 aliphatic rings. The summed E-state index contributed by atoms with van der Waals surface area (Å²) in [5.41, 5.74) is 2.96. The average molecular weight is 379 g/mol. The minimum Gasteiger partial charge on any atom is -0.460 e. The van der Waals surface area contributed by atoms with Gasteiger partial charge in [-0.1, -0.05) is 42.5 Å². The van der Waals surface area contributed by atoms with Crippen LogP contribution in [0.5, 0.6) is 0 Å². The van der Waals surface area contributed by atoms with Gasteiger partial charge in [0, 0.05) is 18.5 Å². The van der Waals surface area contributed by atoms with E-state index in [0.29, 0.717) is 25.2 Å². The molecule has 0 fully saturated rings. The smallest absolute Gasteiger partial charge is 0.379 e. The number of nitrogens with zero attached hydrogens (tertiary/aromatic N) is 2. The molecule has 0 radical (unpaired) electrons. The Hall–Kier alpha value is -3.48. The highest BCUT2D eigenvalue weighted by atomic mass is 16.5. The van der Waals surface area contributed by atoms with E-state index < -0.39 is 5.97 Å². The van der Waals surface area contributed by atoms with Gasteiger partial charge >= 0.3 is 5.97 Å². The van der Waals surface area contributed by atoms with Crippen LogP contribution >= 0.6 is 0 Å². The average Bonchev–Trinajstić information content (AvgIpc) is 3.18. The van der Waals surface area contributed by atoms with Gasteiger partial charge in [-0.2, -0.15) is 4.98 Å². The number of carbonyl (C=O) groups excluding carboxylic acids is 2. The molecule has 0 unspecified atom stereocenters. The van der Waals surface area contributed by atoms with E-state index in [1.807, 2.05) is 54.6 Å². The largest absolute Gasteiger partial charge is 0.460 e. The van der Waals surface area contributed by atoms with Crippen LogP contribution < -0.4 is 5.32 Å².